The van der Waals surface area contributed by atoms with Gasteiger partial charge in [-0.15, -0.1) is 0 Å². The highest BCUT2D eigenvalue weighted by Gasteiger charge is 2.30. The number of hydrogen-bond acceptors (Lipinski definition) is 5. The van der Waals surface area contributed by atoms with Crippen molar-refractivity contribution in [3.63, 3.8) is 0 Å². The summed E-state index contributed by atoms with van der Waals surface area (Å²) in [5, 5.41) is 3.38. The van der Waals surface area contributed by atoms with Crippen molar-refractivity contribution in [1.29, 1.82) is 0 Å². The summed E-state index contributed by atoms with van der Waals surface area (Å²) < 4.78 is 0. The molecule has 2 rings (SSSR count). The van der Waals surface area contributed by atoms with Gasteiger partial charge < -0.3 is 16.0 Å². The Balaban J connectivity index is 2.05. The first-order chi connectivity index (χ1) is 7.70. The van der Waals surface area contributed by atoms with Crippen LogP contribution < -0.4 is 16.0 Å². The maximum atomic E-state index is 5.74. The van der Waals surface area contributed by atoms with E-state index in [0.29, 0.717) is 12.6 Å². The maximum Gasteiger partial charge on any atom is 0.226 e. The van der Waals surface area contributed by atoms with E-state index in [0.717, 1.165) is 17.7 Å². The van der Waals surface area contributed by atoms with E-state index in [4.69, 9.17) is 5.73 Å². The molecule has 1 fully saturated rings. The molecule has 5 heteroatoms. The van der Waals surface area contributed by atoms with Crippen LogP contribution in [0.2, 0.25) is 0 Å². The van der Waals surface area contributed by atoms with Crippen molar-refractivity contribution in [2.45, 2.75) is 18.9 Å². The van der Waals surface area contributed by atoms with Crippen LogP contribution in [0.1, 0.15) is 12.8 Å². The topological polar surface area (TPSA) is 67.1 Å². The van der Waals surface area contributed by atoms with Gasteiger partial charge in [0.1, 0.15) is 5.82 Å². The van der Waals surface area contributed by atoms with E-state index < -0.39 is 0 Å². The Morgan fingerprint density at radius 3 is 2.88 bits per heavy atom. The number of anilines is 2. The zero-order valence-corrected chi connectivity index (χ0v) is 9.85. The highest BCUT2D eigenvalue weighted by molar-refractivity contribution is 5.41. The lowest BCUT2D eigenvalue weighted by Crippen LogP contribution is -2.31. The molecule has 88 valence electrons. The molecule has 0 aliphatic heterocycles. The standard InChI is InChI=1S/C11H19N5/c1-16(2)11-13-6-5-10(15-11)14-9(7-12)8-3-4-8/h5-6,8-9H,3-4,7,12H2,1-2H3,(H,13,14,15). The van der Waals surface area contributed by atoms with Crippen LogP contribution in [0.15, 0.2) is 12.3 Å². The van der Waals surface area contributed by atoms with Crippen LogP contribution in [0.25, 0.3) is 0 Å². The molecular weight excluding hydrogens is 202 g/mol. The largest absolute Gasteiger partial charge is 0.366 e. The molecule has 1 aromatic heterocycles. The number of rotatable bonds is 5. The number of hydrogen-bond donors (Lipinski definition) is 2. The fraction of sp³-hybridized carbons (Fsp3) is 0.636. The predicted molar refractivity (Wildman–Crippen MR) is 65.5 cm³/mol. The van der Waals surface area contributed by atoms with Crippen LogP contribution >= 0.6 is 0 Å². The maximum absolute atomic E-state index is 5.74. The summed E-state index contributed by atoms with van der Waals surface area (Å²) in [6.45, 7) is 0.659. The summed E-state index contributed by atoms with van der Waals surface area (Å²) in [5.41, 5.74) is 5.74. The van der Waals surface area contributed by atoms with Crippen molar-refractivity contribution in [3.05, 3.63) is 12.3 Å². The van der Waals surface area contributed by atoms with E-state index in [1.54, 1.807) is 6.20 Å². The monoisotopic (exact) mass is 221 g/mol. The lowest BCUT2D eigenvalue weighted by molar-refractivity contribution is 0.642. The van der Waals surface area contributed by atoms with Crippen LogP contribution in [-0.2, 0) is 0 Å². The highest BCUT2D eigenvalue weighted by Crippen LogP contribution is 2.33. The number of aromatic nitrogens is 2. The normalized spacial score (nSPS) is 16.9. The molecule has 1 atom stereocenters. The third-order valence-electron chi connectivity index (χ3n) is 2.82. The van der Waals surface area contributed by atoms with Crippen molar-refractivity contribution in [1.82, 2.24) is 9.97 Å². The second kappa shape index (κ2) is 4.65. The molecule has 1 saturated carbocycles. The van der Waals surface area contributed by atoms with E-state index >= 15 is 0 Å². The summed E-state index contributed by atoms with van der Waals surface area (Å²) in [6, 6.07) is 2.24. The Labute approximate surface area is 96.1 Å². The van der Waals surface area contributed by atoms with Gasteiger partial charge in [-0.3, -0.25) is 0 Å². The molecule has 1 unspecified atom stereocenters. The van der Waals surface area contributed by atoms with E-state index in [2.05, 4.69) is 15.3 Å². The molecular formula is C11H19N5. The molecule has 0 saturated heterocycles. The second-order valence-electron chi connectivity index (χ2n) is 4.46. The van der Waals surface area contributed by atoms with Crippen LogP contribution in [-0.4, -0.2) is 36.6 Å². The zero-order chi connectivity index (χ0) is 11.5. The van der Waals surface area contributed by atoms with Crippen molar-refractivity contribution >= 4 is 11.8 Å². The summed E-state index contributed by atoms with van der Waals surface area (Å²) in [5.74, 6) is 2.31. The van der Waals surface area contributed by atoms with E-state index in [1.807, 2.05) is 25.1 Å². The lowest BCUT2D eigenvalue weighted by Gasteiger charge is -2.18. The van der Waals surface area contributed by atoms with Gasteiger partial charge in [0.05, 0.1) is 0 Å². The molecule has 1 aliphatic carbocycles. The summed E-state index contributed by atoms with van der Waals surface area (Å²) in [6.07, 6.45) is 4.33. The molecule has 0 spiro atoms. The average Bonchev–Trinajstić information content (AvgIpc) is 3.10. The molecule has 0 radical (unpaired) electrons. The number of nitrogens with one attached hydrogen (secondary N) is 1. The Hall–Kier alpha value is -1.36. The number of nitrogens with zero attached hydrogens (tertiary/aromatic N) is 3. The first kappa shape index (κ1) is 11.1. The smallest absolute Gasteiger partial charge is 0.226 e. The summed E-state index contributed by atoms with van der Waals surface area (Å²) in [4.78, 5) is 10.5. The summed E-state index contributed by atoms with van der Waals surface area (Å²) >= 11 is 0. The minimum Gasteiger partial charge on any atom is -0.366 e. The lowest BCUT2D eigenvalue weighted by atomic mass is 10.2. The van der Waals surface area contributed by atoms with Gasteiger partial charge in [-0.1, -0.05) is 0 Å². The van der Waals surface area contributed by atoms with Crippen molar-refractivity contribution < 1.29 is 0 Å². The van der Waals surface area contributed by atoms with Crippen molar-refractivity contribution in [2.24, 2.45) is 11.7 Å². The summed E-state index contributed by atoms with van der Waals surface area (Å²) in [7, 11) is 3.86. The van der Waals surface area contributed by atoms with E-state index in [9.17, 15) is 0 Å². The second-order valence-corrected chi connectivity index (χ2v) is 4.46. The number of nitrogens with two attached hydrogens (primary N) is 1. The minimum absolute atomic E-state index is 0.352. The molecule has 16 heavy (non-hydrogen) atoms. The predicted octanol–water partition coefficient (Wildman–Crippen LogP) is 0.692. The first-order valence-corrected chi connectivity index (χ1v) is 5.67. The van der Waals surface area contributed by atoms with Crippen LogP contribution in [0.4, 0.5) is 11.8 Å². The van der Waals surface area contributed by atoms with Crippen molar-refractivity contribution in [2.75, 3.05) is 30.9 Å². The van der Waals surface area contributed by atoms with Crippen molar-refractivity contribution in [3.8, 4) is 0 Å². The Morgan fingerprint density at radius 2 is 2.31 bits per heavy atom. The average molecular weight is 221 g/mol. The van der Waals surface area contributed by atoms with Gasteiger partial charge in [-0.2, -0.15) is 4.98 Å². The highest BCUT2D eigenvalue weighted by atomic mass is 15.2. The first-order valence-electron chi connectivity index (χ1n) is 5.67. The van der Waals surface area contributed by atoms with Crippen LogP contribution in [0.5, 0.6) is 0 Å². The minimum atomic E-state index is 0.352. The van der Waals surface area contributed by atoms with Crippen LogP contribution in [0.3, 0.4) is 0 Å². The SMILES string of the molecule is CN(C)c1nccc(NC(CN)C2CC2)n1. The third-order valence-corrected chi connectivity index (χ3v) is 2.82. The van der Waals surface area contributed by atoms with Gasteiger partial charge in [0, 0.05) is 32.9 Å². The van der Waals surface area contributed by atoms with Gasteiger partial charge >= 0.3 is 0 Å². The van der Waals surface area contributed by atoms with Gasteiger partial charge in [0.25, 0.3) is 0 Å². The Morgan fingerprint density at radius 1 is 1.56 bits per heavy atom. The molecule has 0 aromatic carbocycles. The van der Waals surface area contributed by atoms with Crippen LogP contribution in [0, 0.1) is 5.92 Å². The molecule has 3 N–H and O–H groups in total. The van der Waals surface area contributed by atoms with Gasteiger partial charge in [0.2, 0.25) is 5.95 Å². The van der Waals surface area contributed by atoms with Gasteiger partial charge in [-0.05, 0) is 24.8 Å². The van der Waals surface area contributed by atoms with E-state index in [1.165, 1.54) is 12.8 Å². The quantitative estimate of drug-likeness (QED) is 0.766. The molecule has 5 nitrogen and oxygen atoms in total. The fourth-order valence-electron chi connectivity index (χ4n) is 1.70. The zero-order valence-electron chi connectivity index (χ0n) is 9.85. The fourth-order valence-corrected chi connectivity index (χ4v) is 1.70. The van der Waals surface area contributed by atoms with Gasteiger partial charge in [0.15, 0.2) is 0 Å². The molecule has 0 bridgehead atoms. The van der Waals surface area contributed by atoms with Gasteiger partial charge in [-0.25, -0.2) is 4.98 Å². The molecule has 1 aliphatic rings. The molecule has 1 aromatic rings. The Kier molecular flexibility index (Phi) is 3.24. The van der Waals surface area contributed by atoms with E-state index in [-0.39, 0.29) is 0 Å². The molecule has 0 amide bonds. The molecule has 1 heterocycles. The Bertz CT molecular complexity index is 348. The third kappa shape index (κ3) is 2.61.